The molecule has 0 spiro atoms. The van der Waals surface area contributed by atoms with Crippen molar-refractivity contribution in [1.82, 2.24) is 10.2 Å². The van der Waals surface area contributed by atoms with E-state index in [0.29, 0.717) is 11.8 Å². The fraction of sp³-hybridized carbons (Fsp3) is 0.667. The van der Waals surface area contributed by atoms with Crippen molar-refractivity contribution < 1.29 is 9.21 Å². The van der Waals surface area contributed by atoms with Crippen molar-refractivity contribution in [2.24, 2.45) is 0 Å². The van der Waals surface area contributed by atoms with Crippen LogP contribution in [0.5, 0.6) is 0 Å². The van der Waals surface area contributed by atoms with Gasteiger partial charge in [-0.25, -0.2) is 0 Å². The van der Waals surface area contributed by atoms with Crippen LogP contribution in [0.2, 0.25) is 0 Å². The maximum absolute atomic E-state index is 12.3. The fourth-order valence-corrected chi connectivity index (χ4v) is 2.47. The molecule has 1 aromatic rings. The van der Waals surface area contributed by atoms with Gasteiger partial charge in [-0.2, -0.15) is 0 Å². The molecule has 19 heavy (non-hydrogen) atoms. The second-order valence-electron chi connectivity index (χ2n) is 5.14. The van der Waals surface area contributed by atoms with Crippen LogP contribution < -0.4 is 5.32 Å². The second kappa shape index (κ2) is 6.75. The number of hydrogen-bond acceptors (Lipinski definition) is 3. The lowest BCUT2D eigenvalue weighted by Gasteiger charge is -2.32. The molecule has 1 saturated heterocycles. The monoisotopic (exact) mass is 264 g/mol. The van der Waals surface area contributed by atoms with E-state index in [4.69, 9.17) is 4.42 Å². The van der Waals surface area contributed by atoms with Gasteiger partial charge in [0.05, 0.1) is 0 Å². The lowest BCUT2D eigenvalue weighted by molar-refractivity contribution is 0.0671. The van der Waals surface area contributed by atoms with E-state index in [0.717, 1.165) is 51.1 Å². The molecule has 0 unspecified atom stereocenters. The van der Waals surface area contributed by atoms with E-state index in [2.05, 4.69) is 12.2 Å². The number of nitrogens with one attached hydrogen (secondary N) is 1. The van der Waals surface area contributed by atoms with Crippen molar-refractivity contribution in [3.8, 4) is 0 Å². The molecule has 1 aliphatic heterocycles. The van der Waals surface area contributed by atoms with Crippen LogP contribution in [0, 0.1) is 0 Å². The predicted molar refractivity (Wildman–Crippen MR) is 75.3 cm³/mol. The average molecular weight is 264 g/mol. The molecule has 0 atom stereocenters. The van der Waals surface area contributed by atoms with E-state index in [1.165, 1.54) is 0 Å². The number of likely N-dealkylation sites (tertiary alicyclic amines) is 1. The minimum Gasteiger partial charge on any atom is -0.456 e. The smallest absolute Gasteiger partial charge is 0.289 e. The molecule has 0 bridgehead atoms. The summed E-state index contributed by atoms with van der Waals surface area (Å²) in [6, 6.07) is 4.25. The molecule has 4 nitrogen and oxygen atoms in total. The number of aryl methyl sites for hydroxylation is 1. The van der Waals surface area contributed by atoms with E-state index in [-0.39, 0.29) is 5.91 Å². The third-order valence-electron chi connectivity index (χ3n) is 3.69. The first-order valence-corrected chi connectivity index (χ1v) is 7.36. The number of carbonyl (C=O) groups excluding carboxylic acids is 1. The van der Waals surface area contributed by atoms with E-state index >= 15 is 0 Å². The maximum atomic E-state index is 12.3. The summed E-state index contributed by atoms with van der Waals surface area (Å²) >= 11 is 0. The van der Waals surface area contributed by atoms with Crippen molar-refractivity contribution in [1.29, 1.82) is 0 Å². The van der Waals surface area contributed by atoms with Crippen LogP contribution in [0.25, 0.3) is 0 Å². The summed E-state index contributed by atoms with van der Waals surface area (Å²) < 4.78 is 5.53. The van der Waals surface area contributed by atoms with Gasteiger partial charge in [0.1, 0.15) is 5.76 Å². The highest BCUT2D eigenvalue weighted by molar-refractivity contribution is 5.91. The van der Waals surface area contributed by atoms with Crippen molar-refractivity contribution in [2.75, 3.05) is 19.6 Å². The second-order valence-corrected chi connectivity index (χ2v) is 5.14. The summed E-state index contributed by atoms with van der Waals surface area (Å²) in [4.78, 5) is 14.2. The summed E-state index contributed by atoms with van der Waals surface area (Å²) in [6.45, 7) is 6.91. The Morgan fingerprint density at radius 3 is 2.68 bits per heavy atom. The van der Waals surface area contributed by atoms with Crippen LogP contribution in [-0.4, -0.2) is 36.5 Å². The zero-order chi connectivity index (χ0) is 13.7. The van der Waals surface area contributed by atoms with E-state index in [1.807, 2.05) is 17.9 Å². The lowest BCUT2D eigenvalue weighted by Crippen LogP contribution is -2.45. The molecule has 0 aromatic carbocycles. The fourth-order valence-electron chi connectivity index (χ4n) is 2.47. The summed E-state index contributed by atoms with van der Waals surface area (Å²) in [5, 5.41) is 3.52. The molecular weight excluding hydrogens is 240 g/mol. The van der Waals surface area contributed by atoms with Crippen molar-refractivity contribution >= 4 is 5.91 Å². The molecular formula is C15H24N2O2. The zero-order valence-corrected chi connectivity index (χ0v) is 11.9. The van der Waals surface area contributed by atoms with Gasteiger partial charge in [0.15, 0.2) is 5.76 Å². The van der Waals surface area contributed by atoms with Gasteiger partial charge in [-0.05, 0) is 37.9 Å². The van der Waals surface area contributed by atoms with Gasteiger partial charge in [0.25, 0.3) is 5.91 Å². The normalized spacial score (nSPS) is 16.8. The number of amides is 1. The van der Waals surface area contributed by atoms with Crippen LogP contribution in [-0.2, 0) is 6.42 Å². The van der Waals surface area contributed by atoms with Crippen LogP contribution in [0.15, 0.2) is 16.5 Å². The Labute approximate surface area is 115 Å². The quantitative estimate of drug-likeness (QED) is 0.888. The third-order valence-corrected chi connectivity index (χ3v) is 3.69. The summed E-state index contributed by atoms with van der Waals surface area (Å²) in [5.74, 6) is 1.40. The molecule has 0 radical (unpaired) electrons. The molecule has 0 saturated carbocycles. The molecule has 0 aliphatic carbocycles. The largest absolute Gasteiger partial charge is 0.456 e. The Bertz CT molecular complexity index is 406. The van der Waals surface area contributed by atoms with E-state index in [9.17, 15) is 4.79 Å². The van der Waals surface area contributed by atoms with Crippen LogP contribution in [0.4, 0.5) is 0 Å². The van der Waals surface area contributed by atoms with Crippen LogP contribution in [0.3, 0.4) is 0 Å². The number of rotatable bonds is 5. The number of carbonyl (C=O) groups is 1. The molecule has 106 valence electrons. The molecule has 1 N–H and O–H groups in total. The summed E-state index contributed by atoms with van der Waals surface area (Å²) in [7, 11) is 0. The minimum absolute atomic E-state index is 0.0358. The Balaban J connectivity index is 1.85. The zero-order valence-electron chi connectivity index (χ0n) is 11.9. The molecule has 1 aromatic heterocycles. The molecule has 1 fully saturated rings. The first-order chi connectivity index (χ1) is 9.24. The highest BCUT2D eigenvalue weighted by Crippen LogP contribution is 2.16. The average Bonchev–Trinajstić information content (AvgIpc) is 2.94. The van der Waals surface area contributed by atoms with Crippen molar-refractivity contribution in [2.45, 2.75) is 45.6 Å². The molecule has 1 aliphatic rings. The van der Waals surface area contributed by atoms with Gasteiger partial charge in [0.2, 0.25) is 0 Å². The Morgan fingerprint density at radius 1 is 1.37 bits per heavy atom. The SMILES string of the molecule is CCCNC1CCN(C(=O)c2ccc(CC)o2)CC1. The molecule has 1 amide bonds. The van der Waals surface area contributed by atoms with Gasteiger partial charge in [-0.15, -0.1) is 0 Å². The molecule has 4 heteroatoms. The van der Waals surface area contributed by atoms with Gasteiger partial charge >= 0.3 is 0 Å². The van der Waals surface area contributed by atoms with Crippen LogP contribution >= 0.6 is 0 Å². The first-order valence-electron chi connectivity index (χ1n) is 7.36. The minimum atomic E-state index is 0.0358. The standard InChI is InChI=1S/C15H24N2O2/c1-3-9-16-12-7-10-17(11-8-12)15(18)14-6-5-13(4-2)19-14/h5-6,12,16H,3-4,7-11H2,1-2H3. The van der Waals surface area contributed by atoms with E-state index in [1.54, 1.807) is 6.07 Å². The van der Waals surface area contributed by atoms with Gasteiger partial charge in [0, 0.05) is 25.6 Å². The molecule has 2 heterocycles. The molecule has 2 rings (SSSR count). The number of nitrogens with zero attached hydrogens (tertiary/aromatic N) is 1. The maximum Gasteiger partial charge on any atom is 0.289 e. The van der Waals surface area contributed by atoms with E-state index < -0.39 is 0 Å². The van der Waals surface area contributed by atoms with Crippen molar-refractivity contribution in [3.63, 3.8) is 0 Å². The predicted octanol–water partition coefficient (Wildman–Crippen LogP) is 2.45. The van der Waals surface area contributed by atoms with Gasteiger partial charge in [-0.1, -0.05) is 13.8 Å². The lowest BCUT2D eigenvalue weighted by atomic mass is 10.0. The van der Waals surface area contributed by atoms with Gasteiger partial charge < -0.3 is 14.6 Å². The summed E-state index contributed by atoms with van der Waals surface area (Å²) in [5.41, 5.74) is 0. The topological polar surface area (TPSA) is 45.5 Å². The summed E-state index contributed by atoms with van der Waals surface area (Å²) in [6.07, 6.45) is 4.06. The Kier molecular flexibility index (Phi) is 5.02. The third kappa shape index (κ3) is 3.60. The van der Waals surface area contributed by atoms with Crippen LogP contribution in [0.1, 0.15) is 49.4 Å². The van der Waals surface area contributed by atoms with Crippen molar-refractivity contribution in [3.05, 3.63) is 23.7 Å². The number of hydrogen-bond donors (Lipinski definition) is 1. The highest BCUT2D eigenvalue weighted by Gasteiger charge is 2.24. The Morgan fingerprint density at radius 2 is 2.11 bits per heavy atom. The number of piperidine rings is 1. The Hall–Kier alpha value is -1.29. The number of furan rings is 1. The first kappa shape index (κ1) is 14.1. The highest BCUT2D eigenvalue weighted by atomic mass is 16.4. The van der Waals surface area contributed by atoms with Gasteiger partial charge in [-0.3, -0.25) is 4.79 Å².